The van der Waals surface area contributed by atoms with Crippen LogP contribution < -0.4 is 0 Å². The van der Waals surface area contributed by atoms with Crippen LogP contribution in [-0.4, -0.2) is 59.8 Å². The maximum Gasteiger partial charge on any atom is 0.232 e. The van der Waals surface area contributed by atoms with Gasteiger partial charge in [0, 0.05) is 32.1 Å². The van der Waals surface area contributed by atoms with Gasteiger partial charge in [-0.15, -0.1) is 0 Å². The van der Waals surface area contributed by atoms with Gasteiger partial charge in [-0.05, 0) is 30.4 Å². The van der Waals surface area contributed by atoms with Crippen molar-refractivity contribution < 1.29 is 9.59 Å². The summed E-state index contributed by atoms with van der Waals surface area (Å²) in [6, 6.07) is 0. The van der Waals surface area contributed by atoms with Gasteiger partial charge in [0.15, 0.2) is 0 Å². The van der Waals surface area contributed by atoms with Gasteiger partial charge < -0.3 is 9.80 Å². The van der Waals surface area contributed by atoms with Crippen LogP contribution in [0, 0.1) is 17.3 Å². The van der Waals surface area contributed by atoms with Crippen molar-refractivity contribution >= 4 is 23.6 Å². The summed E-state index contributed by atoms with van der Waals surface area (Å²) in [5.74, 6) is 1.70. The molecule has 0 aromatic heterocycles. The highest BCUT2D eigenvalue weighted by atomic mass is 32.2. The molecule has 0 N–H and O–H groups in total. The van der Waals surface area contributed by atoms with Crippen molar-refractivity contribution in [2.24, 2.45) is 17.3 Å². The molecule has 23 heavy (non-hydrogen) atoms. The summed E-state index contributed by atoms with van der Waals surface area (Å²) in [6.07, 6.45) is 12.7. The highest BCUT2D eigenvalue weighted by Crippen LogP contribution is 2.55. The standard InChI is InChI=1S/C18H26N2O2S/c1-18(6-4-3-5-7-18)15-12-14(15)17(22)20-10-8-19(9-11-20)16(21)13-23-2/h3-6,14-15H,7-13H2,1-2H3/t14-,15-,18?/m1/s1. The van der Waals surface area contributed by atoms with E-state index in [4.69, 9.17) is 0 Å². The second-order valence-electron chi connectivity index (χ2n) is 7.08. The number of carbonyl (C=O) groups excluding carboxylic acids is 2. The maximum absolute atomic E-state index is 12.7. The van der Waals surface area contributed by atoms with Crippen molar-refractivity contribution in [1.29, 1.82) is 0 Å². The van der Waals surface area contributed by atoms with Gasteiger partial charge in [0.2, 0.25) is 11.8 Å². The van der Waals surface area contributed by atoms with Crippen LogP contribution in [0.15, 0.2) is 24.3 Å². The van der Waals surface area contributed by atoms with Gasteiger partial charge in [0.25, 0.3) is 0 Å². The minimum atomic E-state index is 0.144. The van der Waals surface area contributed by atoms with Gasteiger partial charge in [-0.1, -0.05) is 31.2 Å². The van der Waals surface area contributed by atoms with Crippen LogP contribution in [0.4, 0.5) is 0 Å². The Morgan fingerprint density at radius 3 is 2.48 bits per heavy atom. The van der Waals surface area contributed by atoms with Gasteiger partial charge in [-0.25, -0.2) is 0 Å². The van der Waals surface area contributed by atoms with Gasteiger partial charge in [-0.2, -0.15) is 11.8 Å². The van der Waals surface area contributed by atoms with E-state index in [1.54, 1.807) is 11.8 Å². The minimum absolute atomic E-state index is 0.144. The molecular weight excluding hydrogens is 308 g/mol. The highest BCUT2D eigenvalue weighted by Gasteiger charge is 2.53. The lowest BCUT2D eigenvalue weighted by Gasteiger charge is -2.35. The molecule has 1 heterocycles. The van der Waals surface area contributed by atoms with E-state index < -0.39 is 0 Å². The molecule has 2 fully saturated rings. The summed E-state index contributed by atoms with van der Waals surface area (Å²) in [6.45, 7) is 5.01. The van der Waals surface area contributed by atoms with E-state index >= 15 is 0 Å². The summed E-state index contributed by atoms with van der Waals surface area (Å²) >= 11 is 1.56. The molecule has 1 saturated heterocycles. The van der Waals surface area contributed by atoms with Gasteiger partial charge in [-0.3, -0.25) is 9.59 Å². The second-order valence-corrected chi connectivity index (χ2v) is 7.95. The van der Waals surface area contributed by atoms with Crippen molar-refractivity contribution in [3.8, 4) is 0 Å². The Morgan fingerprint density at radius 2 is 1.87 bits per heavy atom. The molecule has 0 bridgehead atoms. The Morgan fingerprint density at radius 1 is 1.17 bits per heavy atom. The highest BCUT2D eigenvalue weighted by molar-refractivity contribution is 7.99. The van der Waals surface area contributed by atoms with Crippen LogP contribution in [0.5, 0.6) is 0 Å². The van der Waals surface area contributed by atoms with E-state index in [1.165, 1.54) is 0 Å². The Kier molecular flexibility index (Phi) is 4.85. The lowest BCUT2D eigenvalue weighted by atomic mass is 9.78. The fraction of sp³-hybridized carbons (Fsp3) is 0.667. The minimum Gasteiger partial charge on any atom is -0.339 e. The summed E-state index contributed by atoms with van der Waals surface area (Å²) in [4.78, 5) is 28.5. The number of amides is 2. The molecule has 1 aliphatic heterocycles. The monoisotopic (exact) mass is 334 g/mol. The van der Waals surface area contributed by atoms with Crippen LogP contribution in [0.3, 0.4) is 0 Å². The van der Waals surface area contributed by atoms with Crippen LogP contribution in [0.25, 0.3) is 0 Å². The largest absolute Gasteiger partial charge is 0.339 e. The van der Waals surface area contributed by atoms with Gasteiger partial charge in [0.05, 0.1) is 5.75 Å². The fourth-order valence-corrected chi connectivity index (χ4v) is 4.27. The molecule has 2 aliphatic carbocycles. The molecule has 5 heteroatoms. The summed E-state index contributed by atoms with van der Waals surface area (Å²) in [5.41, 5.74) is 0.144. The first-order valence-corrected chi connectivity index (χ1v) is 9.84. The van der Waals surface area contributed by atoms with Gasteiger partial charge >= 0.3 is 0 Å². The Labute approximate surface area is 143 Å². The molecule has 2 amide bonds. The fourth-order valence-electron chi connectivity index (χ4n) is 3.84. The molecule has 1 unspecified atom stereocenters. The SMILES string of the molecule is CSCC(=O)N1CCN(C(=O)[C@@H]2C[C@H]2C2(C)C=CC=CC2)CC1. The summed E-state index contributed by atoms with van der Waals surface area (Å²) in [5, 5.41) is 0. The van der Waals surface area contributed by atoms with E-state index in [0.717, 1.165) is 12.8 Å². The zero-order valence-electron chi connectivity index (χ0n) is 14.0. The Hall–Kier alpha value is -1.23. The normalized spacial score (nSPS) is 33.0. The second kappa shape index (κ2) is 6.71. The molecule has 0 spiro atoms. The number of hydrogen-bond acceptors (Lipinski definition) is 3. The van der Waals surface area contributed by atoms with Crippen molar-refractivity contribution in [2.75, 3.05) is 38.2 Å². The van der Waals surface area contributed by atoms with E-state index in [9.17, 15) is 9.59 Å². The van der Waals surface area contributed by atoms with E-state index in [1.807, 2.05) is 16.1 Å². The average molecular weight is 334 g/mol. The van der Waals surface area contributed by atoms with Crippen molar-refractivity contribution in [2.45, 2.75) is 19.8 Å². The van der Waals surface area contributed by atoms with E-state index in [-0.39, 0.29) is 17.2 Å². The average Bonchev–Trinajstić information content (AvgIpc) is 3.37. The number of nitrogens with zero attached hydrogens (tertiary/aromatic N) is 2. The number of hydrogen-bond donors (Lipinski definition) is 0. The first kappa shape index (κ1) is 16.6. The quantitative estimate of drug-likeness (QED) is 0.791. The smallest absolute Gasteiger partial charge is 0.232 e. The first-order valence-electron chi connectivity index (χ1n) is 8.45. The third-order valence-electron chi connectivity index (χ3n) is 5.45. The third-order valence-corrected chi connectivity index (χ3v) is 5.98. The molecule has 3 aliphatic rings. The number of thioether (sulfide) groups is 1. The predicted octanol–water partition coefficient (Wildman–Crippen LogP) is 2.18. The van der Waals surface area contributed by atoms with Crippen molar-refractivity contribution in [1.82, 2.24) is 9.80 Å². The number of allylic oxidation sites excluding steroid dienone is 4. The van der Waals surface area contributed by atoms with Crippen molar-refractivity contribution in [3.63, 3.8) is 0 Å². The number of piperazine rings is 1. The molecule has 3 atom stereocenters. The molecule has 1 saturated carbocycles. The van der Waals surface area contributed by atoms with Crippen LogP contribution in [-0.2, 0) is 9.59 Å². The molecule has 4 nitrogen and oxygen atoms in total. The zero-order valence-corrected chi connectivity index (χ0v) is 14.8. The molecule has 0 radical (unpaired) electrons. The van der Waals surface area contributed by atoms with E-state index in [0.29, 0.717) is 43.8 Å². The molecule has 3 rings (SSSR count). The lowest BCUT2D eigenvalue weighted by molar-refractivity contribution is -0.139. The number of rotatable bonds is 4. The summed E-state index contributed by atoms with van der Waals surface area (Å²) < 4.78 is 0. The third kappa shape index (κ3) is 3.49. The predicted molar refractivity (Wildman–Crippen MR) is 94.1 cm³/mol. The molecule has 0 aromatic rings. The first-order chi connectivity index (χ1) is 11.0. The maximum atomic E-state index is 12.7. The topological polar surface area (TPSA) is 40.6 Å². The van der Waals surface area contributed by atoms with Gasteiger partial charge in [0.1, 0.15) is 0 Å². The van der Waals surface area contributed by atoms with Crippen LogP contribution >= 0.6 is 11.8 Å². The van der Waals surface area contributed by atoms with Crippen LogP contribution in [0.1, 0.15) is 19.8 Å². The Balaban J connectivity index is 1.50. The van der Waals surface area contributed by atoms with Crippen molar-refractivity contribution in [3.05, 3.63) is 24.3 Å². The van der Waals surface area contributed by atoms with Crippen LogP contribution in [0.2, 0.25) is 0 Å². The molecule has 0 aromatic carbocycles. The zero-order chi connectivity index (χ0) is 16.4. The summed E-state index contributed by atoms with van der Waals surface area (Å²) in [7, 11) is 0. The Bertz CT molecular complexity index is 537. The molecular formula is C18H26N2O2S. The van der Waals surface area contributed by atoms with E-state index in [2.05, 4.69) is 31.2 Å². The molecule has 126 valence electrons. The number of carbonyl (C=O) groups is 2. The lowest BCUT2D eigenvalue weighted by Crippen LogP contribution is -2.51.